The quantitative estimate of drug-likeness (QED) is 0.631. The molecule has 0 unspecified atom stereocenters. The largest absolute Gasteiger partial charge is 0.493 e. The highest BCUT2D eigenvalue weighted by Gasteiger charge is 2.11. The lowest BCUT2D eigenvalue weighted by atomic mass is 10.1. The number of ether oxygens (including phenoxy) is 3. The molecule has 0 heterocycles. The molecule has 1 rings (SSSR count). The summed E-state index contributed by atoms with van der Waals surface area (Å²) in [5.74, 6) is 0.616. The molecule has 0 aliphatic carbocycles. The van der Waals surface area contributed by atoms with Gasteiger partial charge in [-0.3, -0.25) is 0 Å². The number of allylic oxidation sites excluding steroid dienone is 2. The van der Waals surface area contributed by atoms with Gasteiger partial charge in [-0.15, -0.1) is 0 Å². The van der Waals surface area contributed by atoms with Crippen LogP contribution in [0.4, 0.5) is 0 Å². The van der Waals surface area contributed by atoms with Gasteiger partial charge >= 0.3 is 5.97 Å². The van der Waals surface area contributed by atoms with Gasteiger partial charge < -0.3 is 19.3 Å². The van der Waals surface area contributed by atoms with E-state index >= 15 is 0 Å². The number of benzene rings is 1. The minimum Gasteiger partial charge on any atom is -0.493 e. The fourth-order valence-electron chi connectivity index (χ4n) is 1.50. The molecule has 1 aromatic carbocycles. The second-order valence-corrected chi connectivity index (χ2v) is 3.52. The Bertz CT molecular complexity index is 478. The maximum Gasteiger partial charge on any atom is 0.328 e. The van der Waals surface area contributed by atoms with Crippen LogP contribution in [0, 0.1) is 0 Å². The Labute approximate surface area is 111 Å². The van der Waals surface area contributed by atoms with Crippen molar-refractivity contribution in [3.8, 4) is 17.2 Å². The summed E-state index contributed by atoms with van der Waals surface area (Å²) >= 11 is 0. The molecule has 102 valence electrons. The molecule has 1 aromatic rings. The molecule has 1 N–H and O–H groups in total. The molecule has 0 amide bonds. The summed E-state index contributed by atoms with van der Waals surface area (Å²) in [4.78, 5) is 10.3. The molecule has 0 saturated heterocycles. The smallest absolute Gasteiger partial charge is 0.328 e. The number of hydrogen-bond acceptors (Lipinski definition) is 4. The van der Waals surface area contributed by atoms with Gasteiger partial charge in [0.15, 0.2) is 11.5 Å². The van der Waals surface area contributed by atoms with E-state index in [1.54, 1.807) is 24.3 Å². The summed E-state index contributed by atoms with van der Waals surface area (Å²) in [5, 5.41) is 8.47. The number of aliphatic carboxylic acids is 1. The van der Waals surface area contributed by atoms with Crippen LogP contribution in [0.2, 0.25) is 0 Å². The molecule has 0 aromatic heterocycles. The lowest BCUT2D eigenvalue weighted by Crippen LogP contribution is -1.95. The van der Waals surface area contributed by atoms with Crippen LogP contribution < -0.4 is 14.2 Å². The zero-order valence-corrected chi connectivity index (χ0v) is 11.0. The Hall–Kier alpha value is -2.43. The first-order valence-corrected chi connectivity index (χ1v) is 5.50. The number of methoxy groups -OCH3 is 3. The van der Waals surface area contributed by atoms with Gasteiger partial charge in [-0.05, 0) is 17.7 Å². The van der Waals surface area contributed by atoms with Crippen LogP contribution in [0.25, 0.3) is 6.08 Å². The van der Waals surface area contributed by atoms with Crippen molar-refractivity contribution in [2.24, 2.45) is 0 Å². The van der Waals surface area contributed by atoms with E-state index in [-0.39, 0.29) is 0 Å². The normalized spacial score (nSPS) is 10.9. The van der Waals surface area contributed by atoms with Crippen molar-refractivity contribution in [1.82, 2.24) is 0 Å². The molecule has 0 fully saturated rings. The van der Waals surface area contributed by atoms with Crippen molar-refractivity contribution >= 4 is 12.0 Å². The van der Waals surface area contributed by atoms with Gasteiger partial charge in [-0.2, -0.15) is 0 Å². The van der Waals surface area contributed by atoms with Gasteiger partial charge in [0.1, 0.15) is 0 Å². The molecule has 0 atom stereocenters. The van der Waals surface area contributed by atoms with Gasteiger partial charge in [0.2, 0.25) is 5.75 Å². The van der Waals surface area contributed by atoms with Crippen molar-refractivity contribution in [2.45, 2.75) is 0 Å². The summed E-state index contributed by atoms with van der Waals surface area (Å²) in [5.41, 5.74) is 0.810. The van der Waals surface area contributed by atoms with Crippen molar-refractivity contribution in [3.63, 3.8) is 0 Å². The maximum absolute atomic E-state index is 10.3. The van der Waals surface area contributed by atoms with Gasteiger partial charge in [0, 0.05) is 6.08 Å². The summed E-state index contributed by atoms with van der Waals surface area (Å²) in [7, 11) is 4.61. The number of rotatable bonds is 6. The van der Waals surface area contributed by atoms with E-state index in [0.29, 0.717) is 17.2 Å². The molecule has 0 spiro atoms. The third kappa shape index (κ3) is 4.06. The zero-order chi connectivity index (χ0) is 14.3. The first-order valence-electron chi connectivity index (χ1n) is 5.50. The van der Waals surface area contributed by atoms with Gasteiger partial charge in [-0.1, -0.05) is 18.2 Å². The highest BCUT2D eigenvalue weighted by molar-refractivity contribution is 5.80. The van der Waals surface area contributed by atoms with Gasteiger partial charge in [-0.25, -0.2) is 4.79 Å². The van der Waals surface area contributed by atoms with E-state index in [1.807, 2.05) is 0 Å². The summed E-state index contributed by atoms with van der Waals surface area (Å²) < 4.78 is 15.6. The average molecular weight is 264 g/mol. The van der Waals surface area contributed by atoms with Crippen LogP contribution in [-0.2, 0) is 4.79 Å². The van der Waals surface area contributed by atoms with Crippen LogP contribution in [0.5, 0.6) is 17.2 Å². The third-order valence-electron chi connectivity index (χ3n) is 2.33. The highest BCUT2D eigenvalue weighted by Crippen LogP contribution is 2.38. The molecule has 5 heteroatoms. The molecular formula is C14H16O5. The summed E-state index contributed by atoms with van der Waals surface area (Å²) in [6.07, 6.45) is 5.85. The second kappa shape index (κ2) is 7.10. The number of carbonyl (C=O) groups is 1. The first kappa shape index (κ1) is 14.6. The minimum absolute atomic E-state index is 0.517. The first-order chi connectivity index (χ1) is 9.12. The molecule has 0 saturated carbocycles. The Kier molecular flexibility index (Phi) is 5.47. The van der Waals surface area contributed by atoms with Crippen LogP contribution in [-0.4, -0.2) is 32.4 Å². The second-order valence-electron chi connectivity index (χ2n) is 3.52. The van der Waals surface area contributed by atoms with Crippen LogP contribution >= 0.6 is 0 Å². The molecule has 5 nitrogen and oxygen atoms in total. The van der Waals surface area contributed by atoms with Crippen LogP contribution in [0.3, 0.4) is 0 Å². The molecule has 0 radical (unpaired) electrons. The molecule has 19 heavy (non-hydrogen) atoms. The summed E-state index contributed by atoms with van der Waals surface area (Å²) in [6, 6.07) is 3.54. The van der Waals surface area contributed by atoms with E-state index in [0.717, 1.165) is 11.6 Å². The van der Waals surface area contributed by atoms with Crippen molar-refractivity contribution < 1.29 is 24.1 Å². The number of carboxylic acids is 1. The molecule has 0 bridgehead atoms. The Morgan fingerprint density at radius 3 is 2.05 bits per heavy atom. The predicted octanol–water partition coefficient (Wildman–Crippen LogP) is 2.37. The monoisotopic (exact) mass is 264 g/mol. The summed E-state index contributed by atoms with van der Waals surface area (Å²) in [6.45, 7) is 0. The zero-order valence-electron chi connectivity index (χ0n) is 11.0. The van der Waals surface area contributed by atoms with Gasteiger partial charge in [0.05, 0.1) is 21.3 Å². The number of carboxylic acid groups (broad SMARTS) is 1. The van der Waals surface area contributed by atoms with Crippen LogP contribution in [0.1, 0.15) is 5.56 Å². The van der Waals surface area contributed by atoms with Crippen molar-refractivity contribution in [1.29, 1.82) is 0 Å². The molecule has 0 aliphatic heterocycles. The lowest BCUT2D eigenvalue weighted by molar-refractivity contribution is -0.131. The lowest BCUT2D eigenvalue weighted by Gasteiger charge is -2.12. The SMILES string of the molecule is COc1cc(C=CC=CC(=O)O)cc(OC)c1OC. The molecular weight excluding hydrogens is 248 g/mol. The Morgan fingerprint density at radius 1 is 1.05 bits per heavy atom. The van der Waals surface area contributed by atoms with E-state index in [2.05, 4.69) is 0 Å². The Balaban J connectivity index is 3.06. The Morgan fingerprint density at radius 2 is 1.63 bits per heavy atom. The minimum atomic E-state index is -0.991. The highest BCUT2D eigenvalue weighted by atomic mass is 16.5. The maximum atomic E-state index is 10.3. The van der Waals surface area contributed by atoms with E-state index < -0.39 is 5.97 Å². The molecule has 0 aliphatic rings. The predicted molar refractivity (Wildman–Crippen MR) is 71.9 cm³/mol. The van der Waals surface area contributed by atoms with E-state index in [1.165, 1.54) is 27.4 Å². The standard InChI is InChI=1S/C14H16O5/c1-17-11-8-10(6-4-5-7-13(15)16)9-12(18-2)14(11)19-3/h4-9H,1-3H3,(H,15,16). The number of hydrogen-bond donors (Lipinski definition) is 1. The van der Waals surface area contributed by atoms with Crippen LogP contribution in [0.15, 0.2) is 30.4 Å². The van der Waals surface area contributed by atoms with Crippen molar-refractivity contribution in [2.75, 3.05) is 21.3 Å². The van der Waals surface area contributed by atoms with E-state index in [9.17, 15) is 4.79 Å². The topological polar surface area (TPSA) is 65.0 Å². The van der Waals surface area contributed by atoms with E-state index in [4.69, 9.17) is 19.3 Å². The fraction of sp³-hybridized carbons (Fsp3) is 0.214. The van der Waals surface area contributed by atoms with Gasteiger partial charge in [0.25, 0.3) is 0 Å². The fourth-order valence-corrected chi connectivity index (χ4v) is 1.50. The third-order valence-corrected chi connectivity index (χ3v) is 2.33. The average Bonchev–Trinajstić information content (AvgIpc) is 2.42. The van der Waals surface area contributed by atoms with Crippen molar-refractivity contribution in [3.05, 3.63) is 35.9 Å².